The lowest BCUT2D eigenvalue weighted by atomic mass is 9.75. The van der Waals surface area contributed by atoms with Gasteiger partial charge in [0.1, 0.15) is 0 Å². The number of aliphatic hydroxyl groups excluding tert-OH is 1. The van der Waals surface area contributed by atoms with Crippen molar-refractivity contribution in [1.29, 1.82) is 0 Å². The van der Waals surface area contributed by atoms with Crippen molar-refractivity contribution in [3.05, 3.63) is 30.1 Å². The molecule has 2 fully saturated rings. The van der Waals surface area contributed by atoms with Crippen molar-refractivity contribution >= 4 is 7.60 Å². The van der Waals surface area contributed by atoms with Crippen LogP contribution in [0.5, 0.6) is 0 Å². The number of pyridine rings is 1. The van der Waals surface area contributed by atoms with Crippen molar-refractivity contribution in [3.63, 3.8) is 0 Å². The summed E-state index contributed by atoms with van der Waals surface area (Å²) in [5.74, 6) is 1.18. The zero-order valence-corrected chi connectivity index (χ0v) is 21.7. The highest BCUT2D eigenvalue weighted by Crippen LogP contribution is 2.64. The molecule has 0 saturated heterocycles. The fourth-order valence-electron chi connectivity index (χ4n) is 5.70. The SMILES string of the molecule is CC(C)[C@H]1CC[C@H](C)C[C@@H]1OP(=O)(O[C@@H]1C[C@@H](C)CC[C@@H]1C(C)C)[C@@H](O)c1cccnc1. The van der Waals surface area contributed by atoms with E-state index in [0.29, 0.717) is 41.1 Å². The van der Waals surface area contributed by atoms with Crippen molar-refractivity contribution in [1.82, 2.24) is 4.98 Å². The van der Waals surface area contributed by atoms with Crippen LogP contribution in [-0.4, -0.2) is 22.3 Å². The third-order valence-corrected chi connectivity index (χ3v) is 9.80. The molecular weight excluding hydrogens is 421 g/mol. The second kappa shape index (κ2) is 11.1. The van der Waals surface area contributed by atoms with Crippen LogP contribution in [0.3, 0.4) is 0 Å². The zero-order chi connectivity index (χ0) is 23.5. The molecular formula is C26H44NO4P. The second-order valence-corrected chi connectivity index (χ2v) is 13.1. The van der Waals surface area contributed by atoms with Crippen LogP contribution >= 0.6 is 7.60 Å². The highest BCUT2D eigenvalue weighted by Gasteiger charge is 2.46. The Morgan fingerprint density at radius 1 is 0.938 bits per heavy atom. The van der Waals surface area contributed by atoms with Crippen molar-refractivity contribution in [3.8, 4) is 0 Å². The zero-order valence-electron chi connectivity index (χ0n) is 20.8. The van der Waals surface area contributed by atoms with Crippen LogP contribution in [0.4, 0.5) is 0 Å². The summed E-state index contributed by atoms with van der Waals surface area (Å²) in [5, 5.41) is 11.3. The first kappa shape index (κ1) is 25.9. The molecule has 32 heavy (non-hydrogen) atoms. The van der Waals surface area contributed by atoms with Crippen LogP contribution in [0.1, 0.15) is 91.5 Å². The van der Waals surface area contributed by atoms with Crippen LogP contribution in [-0.2, 0) is 13.6 Å². The normalized spacial score (nSPS) is 34.4. The van der Waals surface area contributed by atoms with E-state index in [2.05, 4.69) is 46.5 Å². The van der Waals surface area contributed by atoms with Gasteiger partial charge in [-0.05, 0) is 67.3 Å². The summed E-state index contributed by atoms with van der Waals surface area (Å²) >= 11 is 0. The molecule has 0 bridgehead atoms. The molecule has 0 aliphatic heterocycles. The fraction of sp³-hybridized carbons (Fsp3) is 0.808. The lowest BCUT2D eigenvalue weighted by Gasteiger charge is -2.42. The monoisotopic (exact) mass is 465 g/mol. The number of aliphatic hydroxyl groups is 1. The molecule has 0 spiro atoms. The Bertz CT molecular complexity index is 717. The number of nitrogens with zero attached hydrogens (tertiary/aromatic N) is 1. The van der Waals surface area contributed by atoms with Gasteiger partial charge >= 0.3 is 7.60 Å². The van der Waals surface area contributed by atoms with Crippen LogP contribution in [0.15, 0.2) is 24.5 Å². The van der Waals surface area contributed by atoms with Gasteiger partial charge in [-0.2, -0.15) is 0 Å². The molecule has 182 valence electrons. The van der Waals surface area contributed by atoms with E-state index in [0.717, 1.165) is 38.5 Å². The van der Waals surface area contributed by atoms with Crippen LogP contribution in [0.25, 0.3) is 0 Å². The van der Waals surface area contributed by atoms with Crippen molar-refractivity contribution in [2.45, 2.75) is 98.1 Å². The predicted molar refractivity (Wildman–Crippen MR) is 129 cm³/mol. The maximum Gasteiger partial charge on any atom is 0.364 e. The fourth-order valence-corrected chi connectivity index (χ4v) is 7.74. The minimum atomic E-state index is -3.86. The molecule has 1 aromatic heterocycles. The van der Waals surface area contributed by atoms with Crippen molar-refractivity contribution < 1.29 is 18.7 Å². The number of hydrogen-bond acceptors (Lipinski definition) is 5. The summed E-state index contributed by atoms with van der Waals surface area (Å²) in [5.41, 5.74) is 0.491. The molecule has 2 aliphatic carbocycles. The van der Waals surface area contributed by atoms with Crippen LogP contribution < -0.4 is 0 Å². The molecule has 6 heteroatoms. The Hall–Kier alpha value is -0.740. The Morgan fingerprint density at radius 3 is 1.84 bits per heavy atom. The molecule has 1 unspecified atom stereocenters. The average Bonchev–Trinajstić information content (AvgIpc) is 2.73. The van der Waals surface area contributed by atoms with Crippen LogP contribution in [0, 0.1) is 35.5 Å². The number of aromatic nitrogens is 1. The third-order valence-electron chi connectivity index (χ3n) is 7.77. The van der Waals surface area contributed by atoms with E-state index >= 15 is 0 Å². The van der Waals surface area contributed by atoms with Gasteiger partial charge in [0.2, 0.25) is 0 Å². The quantitative estimate of drug-likeness (QED) is 0.410. The molecule has 2 aliphatic rings. The summed E-state index contributed by atoms with van der Waals surface area (Å²) in [7, 11) is -3.86. The van der Waals surface area contributed by atoms with Gasteiger partial charge in [-0.3, -0.25) is 9.55 Å². The molecule has 0 radical (unpaired) electrons. The van der Waals surface area contributed by atoms with E-state index in [9.17, 15) is 9.67 Å². The lowest BCUT2D eigenvalue weighted by Crippen LogP contribution is -2.37. The van der Waals surface area contributed by atoms with Gasteiger partial charge < -0.3 is 14.2 Å². The van der Waals surface area contributed by atoms with E-state index < -0.39 is 13.4 Å². The predicted octanol–water partition coefficient (Wildman–Crippen LogP) is 7.22. The summed E-state index contributed by atoms with van der Waals surface area (Å²) in [6.45, 7) is 13.3. The summed E-state index contributed by atoms with van der Waals surface area (Å²) in [4.78, 5) is 4.13. The second-order valence-electron chi connectivity index (χ2n) is 11.1. The average molecular weight is 466 g/mol. The molecule has 0 aromatic carbocycles. The molecule has 2 saturated carbocycles. The smallest absolute Gasteiger partial charge is 0.364 e. The Kier molecular flexibility index (Phi) is 8.99. The maximum atomic E-state index is 14.5. The Labute approximate surface area is 195 Å². The van der Waals surface area contributed by atoms with E-state index in [4.69, 9.17) is 9.05 Å². The van der Waals surface area contributed by atoms with E-state index in [-0.39, 0.29) is 12.2 Å². The van der Waals surface area contributed by atoms with E-state index in [1.165, 1.54) is 0 Å². The molecule has 1 aromatic rings. The van der Waals surface area contributed by atoms with Crippen molar-refractivity contribution in [2.24, 2.45) is 35.5 Å². The van der Waals surface area contributed by atoms with E-state index in [1.807, 2.05) is 0 Å². The van der Waals surface area contributed by atoms with Gasteiger partial charge in [-0.15, -0.1) is 0 Å². The Balaban J connectivity index is 1.92. The molecule has 3 rings (SSSR count). The summed E-state index contributed by atoms with van der Waals surface area (Å²) in [6, 6.07) is 3.51. The van der Waals surface area contributed by atoms with Crippen molar-refractivity contribution in [2.75, 3.05) is 0 Å². The first-order chi connectivity index (χ1) is 15.1. The number of rotatable bonds is 8. The molecule has 5 nitrogen and oxygen atoms in total. The first-order valence-electron chi connectivity index (χ1n) is 12.6. The largest absolute Gasteiger partial charge is 0.376 e. The van der Waals surface area contributed by atoms with E-state index in [1.54, 1.807) is 24.5 Å². The molecule has 1 N–H and O–H groups in total. The molecule has 8 atom stereocenters. The number of hydrogen-bond donors (Lipinski definition) is 1. The highest BCUT2D eigenvalue weighted by atomic mass is 31.2. The maximum absolute atomic E-state index is 14.5. The Morgan fingerprint density at radius 2 is 1.44 bits per heavy atom. The summed E-state index contributed by atoms with van der Waals surface area (Å²) < 4.78 is 27.4. The van der Waals surface area contributed by atoms with Gasteiger partial charge in [0.15, 0.2) is 5.85 Å². The molecule has 1 heterocycles. The highest BCUT2D eigenvalue weighted by molar-refractivity contribution is 7.54. The van der Waals surface area contributed by atoms with Gasteiger partial charge in [-0.1, -0.05) is 60.5 Å². The van der Waals surface area contributed by atoms with Crippen LogP contribution in [0.2, 0.25) is 0 Å². The minimum Gasteiger partial charge on any atom is -0.376 e. The third kappa shape index (κ3) is 6.23. The lowest BCUT2D eigenvalue weighted by molar-refractivity contribution is -0.0154. The topological polar surface area (TPSA) is 68.7 Å². The minimum absolute atomic E-state index is 0.172. The molecule has 0 amide bonds. The van der Waals surface area contributed by atoms with Gasteiger partial charge in [0.25, 0.3) is 0 Å². The summed E-state index contributed by atoms with van der Waals surface area (Å²) in [6.07, 6.45) is 9.01. The van der Waals surface area contributed by atoms with Gasteiger partial charge in [-0.25, -0.2) is 0 Å². The standard InChI is InChI=1S/C26H44NO4P/c1-17(2)22-11-9-19(5)14-24(22)30-32(29,26(28)21-8-7-13-27-16-21)31-25-15-20(6)10-12-23(25)18(3)4/h7-8,13,16-20,22-26,28H,9-12,14-15H2,1-6H3/t19-,20-,22+,23+,24-,25+,26+,32?/m0/s1. The first-order valence-corrected chi connectivity index (χ1v) is 14.3. The van der Waals surface area contributed by atoms with Gasteiger partial charge in [0, 0.05) is 18.0 Å². The van der Waals surface area contributed by atoms with Gasteiger partial charge in [0.05, 0.1) is 12.2 Å².